The van der Waals surface area contributed by atoms with Gasteiger partial charge in [0.1, 0.15) is 22.0 Å². The summed E-state index contributed by atoms with van der Waals surface area (Å²) < 4.78 is 31.1. The number of carbonyl (C=O) groups excluding carboxylic acids is 1. The van der Waals surface area contributed by atoms with Crippen LogP contribution >= 0.6 is 11.3 Å². The van der Waals surface area contributed by atoms with Crippen molar-refractivity contribution in [2.24, 2.45) is 0 Å². The van der Waals surface area contributed by atoms with Gasteiger partial charge >= 0.3 is 0 Å². The van der Waals surface area contributed by atoms with Crippen molar-refractivity contribution >= 4 is 33.1 Å². The predicted molar refractivity (Wildman–Crippen MR) is 164 cm³/mol. The number of nitro benzene ring substituents is 1. The van der Waals surface area contributed by atoms with E-state index in [4.69, 9.17) is 4.84 Å². The lowest BCUT2D eigenvalue weighted by Crippen LogP contribution is -2.31. The zero-order valence-corrected chi connectivity index (χ0v) is 24.9. The van der Waals surface area contributed by atoms with Gasteiger partial charge in [-0.05, 0) is 48.0 Å². The number of nitrogens with zero attached hydrogens (tertiary/aromatic N) is 4. The number of thiophene rings is 1. The summed E-state index contributed by atoms with van der Waals surface area (Å²) in [5, 5.41) is 12.4. The molecule has 2 aromatic heterocycles. The summed E-state index contributed by atoms with van der Waals surface area (Å²) in [7, 11) is 4.53. The van der Waals surface area contributed by atoms with Crippen LogP contribution in [0.15, 0.2) is 83.8 Å². The standard InChI is InChI=1S/C32H28F2N4O5S/c1-35(16-20-8-5-4-6-9-20)17-24-28-29(39)25(31(40)36(2)43-3)19-37(18-23-26(33)10-7-11-27(23)34)32(28)44-30(24)21-12-14-22(15-13-21)38(41)42/h4-15,19H,16-18H2,1-3H3. The minimum absolute atomic E-state index is 0.0947. The molecule has 0 aliphatic heterocycles. The normalized spacial score (nSPS) is 11.3. The van der Waals surface area contributed by atoms with E-state index in [1.54, 1.807) is 12.1 Å². The highest BCUT2D eigenvalue weighted by Gasteiger charge is 2.26. The van der Waals surface area contributed by atoms with E-state index in [0.717, 1.165) is 22.8 Å². The van der Waals surface area contributed by atoms with E-state index in [-0.39, 0.29) is 35.3 Å². The Kier molecular flexibility index (Phi) is 8.95. The lowest BCUT2D eigenvalue weighted by Gasteiger charge is -2.19. The summed E-state index contributed by atoms with van der Waals surface area (Å²) in [6, 6.07) is 19.2. The van der Waals surface area contributed by atoms with Gasteiger partial charge in [-0.3, -0.25) is 29.4 Å². The Morgan fingerprint density at radius 3 is 2.23 bits per heavy atom. The Morgan fingerprint density at radius 2 is 1.61 bits per heavy atom. The highest BCUT2D eigenvalue weighted by Crippen LogP contribution is 2.39. The zero-order chi connectivity index (χ0) is 31.5. The first-order valence-electron chi connectivity index (χ1n) is 13.5. The first kappa shape index (κ1) is 30.7. The summed E-state index contributed by atoms with van der Waals surface area (Å²) >= 11 is 1.21. The molecule has 0 bridgehead atoms. The van der Waals surface area contributed by atoms with Crippen molar-refractivity contribution in [3.63, 3.8) is 0 Å². The number of aromatic nitrogens is 1. The van der Waals surface area contributed by atoms with Crippen LogP contribution in [0.2, 0.25) is 0 Å². The van der Waals surface area contributed by atoms with Crippen molar-refractivity contribution in [2.45, 2.75) is 19.6 Å². The molecular formula is C32H28F2N4O5S. The number of amides is 1. The highest BCUT2D eigenvalue weighted by atomic mass is 32.1. The molecule has 3 aromatic carbocycles. The molecule has 12 heteroatoms. The summed E-state index contributed by atoms with van der Waals surface area (Å²) in [6.07, 6.45) is 1.29. The lowest BCUT2D eigenvalue weighted by molar-refractivity contribution is -0.384. The maximum Gasteiger partial charge on any atom is 0.282 e. The second-order valence-corrected chi connectivity index (χ2v) is 11.2. The van der Waals surface area contributed by atoms with E-state index in [0.29, 0.717) is 27.4 Å². The molecule has 0 aliphatic rings. The molecule has 0 N–H and O–H groups in total. The van der Waals surface area contributed by atoms with Crippen LogP contribution in [-0.2, 0) is 24.5 Å². The number of benzene rings is 3. The number of pyridine rings is 1. The van der Waals surface area contributed by atoms with Crippen LogP contribution in [0.25, 0.3) is 20.7 Å². The van der Waals surface area contributed by atoms with E-state index in [1.165, 1.54) is 54.5 Å². The molecule has 5 rings (SSSR count). The summed E-state index contributed by atoms with van der Waals surface area (Å²) in [5.41, 5.74) is 1.11. The van der Waals surface area contributed by atoms with E-state index in [1.807, 2.05) is 42.3 Å². The first-order valence-corrected chi connectivity index (χ1v) is 14.3. The minimum Gasteiger partial charge on any atom is -0.334 e. The maximum absolute atomic E-state index is 14.8. The molecule has 0 saturated heterocycles. The summed E-state index contributed by atoms with van der Waals surface area (Å²) in [5.74, 6) is -2.27. The van der Waals surface area contributed by atoms with Gasteiger partial charge in [-0.2, -0.15) is 0 Å². The molecule has 226 valence electrons. The van der Waals surface area contributed by atoms with Crippen LogP contribution in [0.3, 0.4) is 0 Å². The monoisotopic (exact) mass is 618 g/mol. The van der Waals surface area contributed by atoms with Crippen LogP contribution in [0, 0.1) is 21.7 Å². The highest BCUT2D eigenvalue weighted by molar-refractivity contribution is 7.22. The molecule has 0 radical (unpaired) electrons. The molecule has 0 fully saturated rings. The second kappa shape index (κ2) is 12.8. The van der Waals surface area contributed by atoms with Gasteiger partial charge in [0.2, 0.25) is 5.43 Å². The number of hydroxylamine groups is 2. The fourth-order valence-electron chi connectivity index (χ4n) is 5.01. The van der Waals surface area contributed by atoms with Crippen molar-refractivity contribution in [2.75, 3.05) is 21.2 Å². The number of rotatable bonds is 10. The summed E-state index contributed by atoms with van der Waals surface area (Å²) in [4.78, 5) is 46.3. The van der Waals surface area contributed by atoms with E-state index >= 15 is 0 Å². The van der Waals surface area contributed by atoms with Gasteiger partial charge in [0.25, 0.3) is 11.6 Å². The Bertz CT molecular complexity index is 1890. The van der Waals surface area contributed by atoms with E-state index < -0.39 is 27.9 Å². The molecule has 0 spiro atoms. The number of fused-ring (bicyclic) bond motifs is 1. The number of nitro groups is 1. The third-order valence-corrected chi connectivity index (χ3v) is 8.57. The van der Waals surface area contributed by atoms with Gasteiger partial charge in [0, 0.05) is 48.9 Å². The van der Waals surface area contributed by atoms with Crippen LogP contribution < -0.4 is 5.43 Å². The van der Waals surface area contributed by atoms with Gasteiger partial charge < -0.3 is 4.57 Å². The number of hydrogen-bond acceptors (Lipinski definition) is 7. The van der Waals surface area contributed by atoms with Crippen molar-refractivity contribution < 1.29 is 23.3 Å². The van der Waals surface area contributed by atoms with Crippen LogP contribution in [0.5, 0.6) is 0 Å². The fraction of sp³-hybridized carbons (Fsp3) is 0.188. The topological polar surface area (TPSA) is 97.9 Å². The van der Waals surface area contributed by atoms with Gasteiger partial charge in [-0.15, -0.1) is 11.3 Å². The maximum atomic E-state index is 14.8. The van der Waals surface area contributed by atoms with Gasteiger partial charge in [-0.1, -0.05) is 36.4 Å². The Balaban J connectivity index is 1.77. The van der Waals surface area contributed by atoms with Crippen LogP contribution in [0.1, 0.15) is 27.0 Å². The third-order valence-electron chi connectivity index (χ3n) is 7.25. The largest absolute Gasteiger partial charge is 0.334 e. The lowest BCUT2D eigenvalue weighted by atomic mass is 10.0. The summed E-state index contributed by atoms with van der Waals surface area (Å²) in [6.45, 7) is 0.506. The minimum atomic E-state index is -0.770. The Labute approximate surface area is 255 Å². The van der Waals surface area contributed by atoms with Gasteiger partial charge in [0.05, 0.1) is 24.0 Å². The van der Waals surface area contributed by atoms with Gasteiger partial charge in [-0.25, -0.2) is 13.8 Å². The first-order chi connectivity index (χ1) is 21.1. The average molecular weight is 619 g/mol. The molecule has 0 atom stereocenters. The molecule has 1 amide bonds. The molecular weight excluding hydrogens is 590 g/mol. The van der Waals surface area contributed by atoms with Crippen molar-refractivity contribution in [3.05, 3.63) is 133 Å². The van der Waals surface area contributed by atoms with Crippen LogP contribution in [-0.4, -0.2) is 46.6 Å². The molecule has 9 nitrogen and oxygen atoms in total. The second-order valence-electron chi connectivity index (χ2n) is 10.2. The quantitative estimate of drug-likeness (QED) is 0.136. The molecule has 0 saturated carbocycles. The van der Waals surface area contributed by atoms with Crippen molar-refractivity contribution in [3.8, 4) is 10.4 Å². The smallest absolute Gasteiger partial charge is 0.282 e. The van der Waals surface area contributed by atoms with Gasteiger partial charge in [0.15, 0.2) is 0 Å². The molecule has 0 aliphatic carbocycles. The SMILES string of the molecule is CON(C)C(=O)c1cn(Cc2c(F)cccc2F)c2sc(-c3ccc([N+](=O)[O-])cc3)c(CN(C)Cc3ccccc3)c2c1=O. The van der Waals surface area contributed by atoms with Crippen LogP contribution in [0.4, 0.5) is 14.5 Å². The predicted octanol–water partition coefficient (Wildman–Crippen LogP) is 6.23. The number of halogens is 2. The zero-order valence-electron chi connectivity index (χ0n) is 24.1. The average Bonchev–Trinajstić information content (AvgIpc) is 3.39. The fourth-order valence-corrected chi connectivity index (χ4v) is 6.30. The number of non-ortho nitro benzene ring substituents is 1. The van der Waals surface area contributed by atoms with E-state index in [9.17, 15) is 28.5 Å². The molecule has 5 aromatic rings. The van der Waals surface area contributed by atoms with Crippen molar-refractivity contribution in [1.29, 1.82) is 0 Å². The molecule has 44 heavy (non-hydrogen) atoms. The Hall–Kier alpha value is -4.78. The number of carbonyl (C=O) groups is 1. The van der Waals surface area contributed by atoms with Crippen molar-refractivity contribution in [1.82, 2.24) is 14.5 Å². The third kappa shape index (κ3) is 6.13. The Morgan fingerprint density at radius 1 is 0.955 bits per heavy atom. The number of hydrogen-bond donors (Lipinski definition) is 0. The molecule has 2 heterocycles. The van der Waals surface area contributed by atoms with E-state index in [2.05, 4.69) is 0 Å². The molecule has 0 unspecified atom stereocenters.